The summed E-state index contributed by atoms with van der Waals surface area (Å²) < 4.78 is 5.93. The molecule has 1 unspecified atom stereocenters. The SMILES string of the molecule is CC(=O)Nc1nnc(N2CCN([C@@H](C)C3=CC4=C(CCO4)C(C)CC=C3)CC2)s1. The van der Waals surface area contributed by atoms with Crippen molar-refractivity contribution in [2.75, 3.05) is 43.0 Å². The van der Waals surface area contributed by atoms with Gasteiger partial charge < -0.3 is 15.0 Å². The zero-order chi connectivity index (χ0) is 20.4. The number of rotatable bonds is 4. The summed E-state index contributed by atoms with van der Waals surface area (Å²) >= 11 is 1.43. The molecule has 0 radical (unpaired) electrons. The maximum atomic E-state index is 11.2. The van der Waals surface area contributed by atoms with E-state index in [1.165, 1.54) is 29.4 Å². The third-order valence-corrected chi connectivity index (χ3v) is 6.85. The molecule has 2 aliphatic heterocycles. The van der Waals surface area contributed by atoms with Crippen LogP contribution in [0.5, 0.6) is 0 Å². The molecule has 29 heavy (non-hydrogen) atoms. The maximum absolute atomic E-state index is 11.2. The van der Waals surface area contributed by atoms with Gasteiger partial charge in [-0.3, -0.25) is 9.69 Å². The van der Waals surface area contributed by atoms with Crippen molar-refractivity contribution in [3.63, 3.8) is 0 Å². The average Bonchev–Trinajstić information content (AvgIpc) is 3.34. The number of allylic oxidation sites excluding steroid dienone is 2. The summed E-state index contributed by atoms with van der Waals surface area (Å²) in [4.78, 5) is 15.9. The Labute approximate surface area is 176 Å². The Bertz CT molecular complexity index is 851. The zero-order valence-electron chi connectivity index (χ0n) is 17.4. The van der Waals surface area contributed by atoms with Gasteiger partial charge in [-0.25, -0.2) is 0 Å². The van der Waals surface area contributed by atoms with Crippen molar-refractivity contribution in [3.8, 4) is 0 Å². The van der Waals surface area contributed by atoms with Gasteiger partial charge in [0.05, 0.1) is 6.61 Å². The van der Waals surface area contributed by atoms with Gasteiger partial charge in [-0.15, -0.1) is 10.2 Å². The third kappa shape index (κ3) is 4.53. The molecule has 1 fully saturated rings. The highest BCUT2D eigenvalue weighted by molar-refractivity contribution is 7.19. The van der Waals surface area contributed by atoms with Crippen LogP contribution in [0.1, 0.15) is 33.6 Å². The molecule has 0 saturated carbocycles. The minimum Gasteiger partial charge on any atom is -0.493 e. The lowest BCUT2D eigenvalue weighted by atomic mass is 9.91. The molecule has 0 aromatic carbocycles. The van der Waals surface area contributed by atoms with Crippen LogP contribution in [0.4, 0.5) is 10.3 Å². The number of hydrogen-bond donors (Lipinski definition) is 1. The first-order valence-corrected chi connectivity index (χ1v) is 11.2. The number of hydrogen-bond acceptors (Lipinski definition) is 7. The normalized spacial score (nSPS) is 23.8. The van der Waals surface area contributed by atoms with Gasteiger partial charge in [0.2, 0.25) is 16.2 Å². The Hall–Kier alpha value is -2.19. The second-order valence-corrected chi connectivity index (χ2v) is 8.90. The van der Waals surface area contributed by atoms with E-state index in [2.05, 4.69) is 57.4 Å². The van der Waals surface area contributed by atoms with Gasteiger partial charge in [0.1, 0.15) is 5.76 Å². The van der Waals surface area contributed by atoms with Crippen LogP contribution >= 0.6 is 11.3 Å². The smallest absolute Gasteiger partial charge is 0.223 e. The van der Waals surface area contributed by atoms with Gasteiger partial charge in [0.15, 0.2) is 0 Å². The molecule has 0 spiro atoms. The standard InChI is InChI=1S/C21H29N5O2S/c1-14-5-4-6-17(13-19-18(14)7-12-28-19)15(2)25-8-10-26(11-9-25)21-24-23-20(29-21)22-16(3)27/h4,6,13-15H,5,7-12H2,1-3H3,(H,22,23,27)/t14?,15-/m0/s1. The lowest BCUT2D eigenvalue weighted by Gasteiger charge is -2.38. The number of nitrogens with zero attached hydrogens (tertiary/aromatic N) is 4. The van der Waals surface area contributed by atoms with Gasteiger partial charge in [-0.05, 0) is 36.5 Å². The van der Waals surface area contributed by atoms with E-state index >= 15 is 0 Å². The summed E-state index contributed by atoms with van der Waals surface area (Å²) in [7, 11) is 0. The van der Waals surface area contributed by atoms with Crippen molar-refractivity contribution < 1.29 is 9.53 Å². The molecule has 7 nitrogen and oxygen atoms in total. The topological polar surface area (TPSA) is 70.6 Å². The number of nitrogens with one attached hydrogen (secondary N) is 1. The van der Waals surface area contributed by atoms with Crippen LogP contribution in [0, 0.1) is 5.92 Å². The molecule has 1 amide bonds. The quantitative estimate of drug-likeness (QED) is 0.814. The van der Waals surface area contributed by atoms with Crippen molar-refractivity contribution in [1.82, 2.24) is 15.1 Å². The molecule has 0 bridgehead atoms. The number of anilines is 2. The van der Waals surface area contributed by atoms with Gasteiger partial charge >= 0.3 is 0 Å². The molecule has 3 aliphatic rings. The lowest BCUT2D eigenvalue weighted by molar-refractivity contribution is -0.114. The molecule has 1 aromatic heterocycles. The van der Waals surface area contributed by atoms with Crippen LogP contribution < -0.4 is 10.2 Å². The third-order valence-electron chi connectivity index (χ3n) is 5.95. The Morgan fingerprint density at radius 2 is 2.10 bits per heavy atom. The summed E-state index contributed by atoms with van der Waals surface area (Å²) in [5.41, 5.74) is 2.79. The molecule has 2 atom stereocenters. The molecule has 1 aromatic rings. The van der Waals surface area contributed by atoms with E-state index in [4.69, 9.17) is 4.74 Å². The van der Waals surface area contributed by atoms with Crippen molar-refractivity contribution in [2.24, 2.45) is 5.92 Å². The van der Waals surface area contributed by atoms with E-state index < -0.39 is 0 Å². The first-order valence-electron chi connectivity index (χ1n) is 10.4. The first-order chi connectivity index (χ1) is 14.0. The number of ether oxygens (including phenoxy) is 1. The van der Waals surface area contributed by atoms with Crippen molar-refractivity contribution in [1.29, 1.82) is 0 Å². The Balaban J connectivity index is 1.40. The van der Waals surface area contributed by atoms with E-state index in [0.717, 1.165) is 56.5 Å². The van der Waals surface area contributed by atoms with Crippen molar-refractivity contribution in [2.45, 2.75) is 39.7 Å². The first kappa shape index (κ1) is 20.1. The van der Waals surface area contributed by atoms with E-state index in [-0.39, 0.29) is 5.91 Å². The molecular weight excluding hydrogens is 386 g/mol. The minimum atomic E-state index is -0.120. The highest BCUT2D eigenvalue weighted by Gasteiger charge is 2.27. The Kier molecular flexibility index (Phi) is 6.01. The number of carbonyl (C=O) groups excluding carboxylic acids is 1. The zero-order valence-corrected chi connectivity index (χ0v) is 18.2. The molecule has 1 saturated heterocycles. The van der Waals surface area contributed by atoms with Gasteiger partial charge in [0.25, 0.3) is 0 Å². The fourth-order valence-corrected chi connectivity index (χ4v) is 5.02. The summed E-state index contributed by atoms with van der Waals surface area (Å²) in [5.74, 6) is 1.54. The molecular formula is C21H29N5O2S. The predicted octanol–water partition coefficient (Wildman–Crippen LogP) is 3.20. The minimum absolute atomic E-state index is 0.120. The maximum Gasteiger partial charge on any atom is 0.223 e. The molecule has 4 rings (SSSR count). The number of piperazine rings is 1. The summed E-state index contributed by atoms with van der Waals surface area (Å²) in [6, 6.07) is 0.337. The van der Waals surface area contributed by atoms with Gasteiger partial charge in [-0.2, -0.15) is 0 Å². The highest BCUT2D eigenvalue weighted by atomic mass is 32.1. The van der Waals surface area contributed by atoms with E-state index in [9.17, 15) is 4.79 Å². The van der Waals surface area contributed by atoms with E-state index in [1.54, 1.807) is 0 Å². The second kappa shape index (κ2) is 8.67. The molecule has 8 heteroatoms. The van der Waals surface area contributed by atoms with Crippen LogP contribution in [0.15, 0.2) is 35.1 Å². The van der Waals surface area contributed by atoms with Gasteiger partial charge in [0, 0.05) is 45.6 Å². The lowest BCUT2D eigenvalue weighted by Crippen LogP contribution is -2.50. The van der Waals surface area contributed by atoms with Crippen LogP contribution in [-0.2, 0) is 9.53 Å². The Morgan fingerprint density at radius 3 is 2.86 bits per heavy atom. The van der Waals surface area contributed by atoms with Crippen molar-refractivity contribution in [3.05, 3.63) is 35.1 Å². The molecule has 1 aliphatic carbocycles. The van der Waals surface area contributed by atoms with Crippen LogP contribution in [0.3, 0.4) is 0 Å². The summed E-state index contributed by atoms with van der Waals surface area (Å²) in [6.07, 6.45) is 8.99. The second-order valence-electron chi connectivity index (χ2n) is 7.94. The molecule has 1 N–H and O–H groups in total. The monoisotopic (exact) mass is 415 g/mol. The largest absolute Gasteiger partial charge is 0.493 e. The summed E-state index contributed by atoms with van der Waals surface area (Å²) in [5, 5.41) is 12.4. The number of aromatic nitrogens is 2. The molecule has 156 valence electrons. The van der Waals surface area contributed by atoms with Crippen LogP contribution in [0.25, 0.3) is 0 Å². The van der Waals surface area contributed by atoms with E-state index in [0.29, 0.717) is 17.1 Å². The predicted molar refractivity (Wildman–Crippen MR) is 116 cm³/mol. The number of amides is 1. The van der Waals surface area contributed by atoms with Crippen molar-refractivity contribution >= 4 is 27.5 Å². The van der Waals surface area contributed by atoms with E-state index in [1.807, 2.05) is 0 Å². The average molecular weight is 416 g/mol. The fraction of sp³-hybridized carbons (Fsp3) is 0.571. The fourth-order valence-electron chi connectivity index (χ4n) is 4.18. The van der Waals surface area contributed by atoms with Crippen LogP contribution in [-0.4, -0.2) is 59.8 Å². The number of carbonyl (C=O) groups is 1. The molecule has 3 heterocycles. The summed E-state index contributed by atoms with van der Waals surface area (Å²) in [6.45, 7) is 10.6. The van der Waals surface area contributed by atoms with Gasteiger partial charge in [-0.1, -0.05) is 30.4 Å². The van der Waals surface area contributed by atoms with Crippen LogP contribution in [0.2, 0.25) is 0 Å². The highest BCUT2D eigenvalue weighted by Crippen LogP contribution is 2.33. The Morgan fingerprint density at radius 1 is 1.31 bits per heavy atom.